The van der Waals surface area contributed by atoms with Crippen molar-refractivity contribution in [2.75, 3.05) is 13.1 Å². The molecule has 86 valence electrons. The highest BCUT2D eigenvalue weighted by atomic mass is 15.2. The average Bonchev–Trinajstić information content (AvgIpc) is 3.02. The minimum atomic E-state index is -0.128. The molecule has 0 spiro atoms. The molecule has 1 saturated carbocycles. The lowest BCUT2D eigenvalue weighted by atomic mass is 9.89. The molecule has 15 heavy (non-hydrogen) atoms. The van der Waals surface area contributed by atoms with Crippen LogP contribution in [0.25, 0.3) is 0 Å². The summed E-state index contributed by atoms with van der Waals surface area (Å²) in [6, 6.07) is 3.25. The third-order valence-electron chi connectivity index (χ3n) is 3.27. The molecular weight excluding hydrogens is 184 g/mol. The summed E-state index contributed by atoms with van der Waals surface area (Å²) in [4.78, 5) is 2.58. The van der Waals surface area contributed by atoms with Gasteiger partial charge < -0.3 is 4.90 Å². The van der Waals surface area contributed by atoms with E-state index in [2.05, 4.69) is 17.9 Å². The van der Waals surface area contributed by atoms with Gasteiger partial charge in [0.05, 0.1) is 11.5 Å². The Hall–Kier alpha value is -0.550. The maximum atomic E-state index is 8.89. The van der Waals surface area contributed by atoms with Crippen LogP contribution >= 0.6 is 0 Å². The molecule has 0 amide bonds. The molecule has 0 unspecified atom stereocenters. The Morgan fingerprint density at radius 3 is 2.47 bits per heavy atom. The topological polar surface area (TPSA) is 27.0 Å². The Morgan fingerprint density at radius 2 is 2.00 bits per heavy atom. The van der Waals surface area contributed by atoms with Gasteiger partial charge in [0.2, 0.25) is 0 Å². The maximum Gasteiger partial charge on any atom is 0.0683 e. The van der Waals surface area contributed by atoms with Gasteiger partial charge in [-0.2, -0.15) is 5.26 Å². The summed E-state index contributed by atoms with van der Waals surface area (Å²) >= 11 is 0. The van der Waals surface area contributed by atoms with Crippen molar-refractivity contribution in [2.24, 2.45) is 5.41 Å². The molecular formula is C13H24N2. The second-order valence-electron chi connectivity index (χ2n) is 5.31. The van der Waals surface area contributed by atoms with Crippen molar-refractivity contribution in [3.05, 3.63) is 0 Å². The zero-order valence-corrected chi connectivity index (χ0v) is 10.4. The summed E-state index contributed by atoms with van der Waals surface area (Å²) in [5, 5.41) is 8.89. The molecule has 1 aliphatic rings. The molecule has 0 saturated heterocycles. The number of hydrogen-bond donors (Lipinski definition) is 0. The Labute approximate surface area is 94.3 Å². The summed E-state index contributed by atoms with van der Waals surface area (Å²) in [7, 11) is 0. The summed E-state index contributed by atoms with van der Waals surface area (Å²) < 4.78 is 0. The first-order valence-electron chi connectivity index (χ1n) is 6.24. The van der Waals surface area contributed by atoms with E-state index in [1.807, 2.05) is 13.8 Å². The van der Waals surface area contributed by atoms with Crippen LogP contribution in [0.1, 0.15) is 52.9 Å². The smallest absolute Gasteiger partial charge is 0.0683 e. The molecule has 0 aromatic rings. The molecule has 1 rings (SSSR count). The zero-order chi connectivity index (χ0) is 11.3. The van der Waals surface area contributed by atoms with Gasteiger partial charge in [-0.25, -0.2) is 0 Å². The van der Waals surface area contributed by atoms with Gasteiger partial charge in [0, 0.05) is 6.04 Å². The van der Waals surface area contributed by atoms with Crippen LogP contribution in [0.4, 0.5) is 0 Å². The van der Waals surface area contributed by atoms with E-state index in [0.717, 1.165) is 12.5 Å². The lowest BCUT2D eigenvalue weighted by Crippen LogP contribution is -2.26. The normalized spacial score (nSPS) is 16.7. The molecule has 0 heterocycles. The second kappa shape index (κ2) is 5.51. The first-order valence-corrected chi connectivity index (χ1v) is 6.24. The zero-order valence-electron chi connectivity index (χ0n) is 10.4. The van der Waals surface area contributed by atoms with Crippen LogP contribution in [0, 0.1) is 16.7 Å². The van der Waals surface area contributed by atoms with Crippen LogP contribution in [-0.4, -0.2) is 24.0 Å². The van der Waals surface area contributed by atoms with Crippen molar-refractivity contribution in [1.29, 1.82) is 5.26 Å². The molecule has 2 nitrogen and oxygen atoms in total. The van der Waals surface area contributed by atoms with E-state index in [9.17, 15) is 0 Å². The van der Waals surface area contributed by atoms with Crippen LogP contribution in [0.5, 0.6) is 0 Å². The van der Waals surface area contributed by atoms with E-state index in [0.29, 0.717) is 0 Å². The Morgan fingerprint density at radius 1 is 1.33 bits per heavy atom. The Balaban J connectivity index is 2.08. The van der Waals surface area contributed by atoms with Gasteiger partial charge in [-0.3, -0.25) is 0 Å². The number of hydrogen-bond acceptors (Lipinski definition) is 2. The molecule has 1 fully saturated rings. The third kappa shape index (κ3) is 4.66. The van der Waals surface area contributed by atoms with Gasteiger partial charge in [-0.05, 0) is 52.6 Å². The SMILES string of the molecule is CCN(CCCCC(C)(C)C#N)C1CC1. The second-order valence-corrected chi connectivity index (χ2v) is 5.31. The molecule has 1 aliphatic carbocycles. The van der Waals surface area contributed by atoms with Crippen LogP contribution in [-0.2, 0) is 0 Å². The quantitative estimate of drug-likeness (QED) is 0.601. The van der Waals surface area contributed by atoms with Gasteiger partial charge in [0.1, 0.15) is 0 Å². The van der Waals surface area contributed by atoms with Crippen LogP contribution < -0.4 is 0 Å². The minimum absolute atomic E-state index is 0.128. The highest BCUT2D eigenvalue weighted by Crippen LogP contribution is 2.27. The monoisotopic (exact) mass is 208 g/mol. The first-order chi connectivity index (χ1) is 7.09. The van der Waals surface area contributed by atoms with Crippen LogP contribution in [0.15, 0.2) is 0 Å². The molecule has 0 aliphatic heterocycles. The molecule has 2 heteroatoms. The van der Waals surface area contributed by atoms with Crippen LogP contribution in [0.2, 0.25) is 0 Å². The summed E-state index contributed by atoms with van der Waals surface area (Å²) in [6.45, 7) is 8.73. The molecule has 0 N–H and O–H groups in total. The highest BCUT2D eigenvalue weighted by molar-refractivity contribution is 4.91. The van der Waals surface area contributed by atoms with E-state index in [1.54, 1.807) is 0 Å². The van der Waals surface area contributed by atoms with Gasteiger partial charge in [-0.15, -0.1) is 0 Å². The van der Waals surface area contributed by atoms with Gasteiger partial charge in [0.25, 0.3) is 0 Å². The van der Waals surface area contributed by atoms with Crippen molar-refractivity contribution in [3.63, 3.8) is 0 Å². The fourth-order valence-corrected chi connectivity index (χ4v) is 1.98. The summed E-state index contributed by atoms with van der Waals surface area (Å²) in [5.41, 5.74) is -0.128. The summed E-state index contributed by atoms with van der Waals surface area (Å²) in [5.74, 6) is 0. The van der Waals surface area contributed by atoms with Gasteiger partial charge >= 0.3 is 0 Å². The van der Waals surface area contributed by atoms with Crippen molar-refractivity contribution in [1.82, 2.24) is 4.90 Å². The predicted octanol–water partition coefficient (Wildman–Crippen LogP) is 3.19. The maximum absolute atomic E-state index is 8.89. The van der Waals surface area contributed by atoms with E-state index in [4.69, 9.17) is 5.26 Å². The van der Waals surface area contributed by atoms with E-state index < -0.39 is 0 Å². The predicted molar refractivity (Wildman–Crippen MR) is 63.5 cm³/mol. The average molecular weight is 208 g/mol. The molecule has 0 aromatic carbocycles. The molecule has 0 bridgehead atoms. The van der Waals surface area contributed by atoms with Gasteiger partial charge in [-0.1, -0.05) is 13.3 Å². The van der Waals surface area contributed by atoms with Crippen molar-refractivity contribution in [2.45, 2.75) is 58.9 Å². The largest absolute Gasteiger partial charge is 0.301 e. The fourth-order valence-electron chi connectivity index (χ4n) is 1.98. The third-order valence-corrected chi connectivity index (χ3v) is 3.27. The lowest BCUT2D eigenvalue weighted by molar-refractivity contribution is 0.265. The molecule has 0 atom stereocenters. The van der Waals surface area contributed by atoms with Gasteiger partial charge in [0.15, 0.2) is 0 Å². The van der Waals surface area contributed by atoms with Crippen molar-refractivity contribution < 1.29 is 0 Å². The number of rotatable bonds is 7. The lowest BCUT2D eigenvalue weighted by Gasteiger charge is -2.20. The number of nitriles is 1. The minimum Gasteiger partial charge on any atom is -0.301 e. The van der Waals surface area contributed by atoms with Crippen molar-refractivity contribution in [3.8, 4) is 6.07 Å². The number of unbranched alkanes of at least 4 members (excludes halogenated alkanes) is 1. The van der Waals surface area contributed by atoms with E-state index in [1.165, 1.54) is 38.8 Å². The number of nitrogens with zero attached hydrogens (tertiary/aromatic N) is 2. The molecule has 0 radical (unpaired) electrons. The van der Waals surface area contributed by atoms with Crippen LogP contribution in [0.3, 0.4) is 0 Å². The summed E-state index contributed by atoms with van der Waals surface area (Å²) in [6.07, 6.45) is 6.26. The Bertz CT molecular complexity index is 223. The highest BCUT2D eigenvalue weighted by Gasteiger charge is 2.27. The molecule has 0 aromatic heterocycles. The fraction of sp³-hybridized carbons (Fsp3) is 0.923. The standard InChI is InChI=1S/C13H24N2/c1-4-15(12-7-8-12)10-6-5-9-13(2,3)11-14/h12H,4-10H2,1-3H3. The Kier molecular flexibility index (Phi) is 4.60. The van der Waals surface area contributed by atoms with Crippen molar-refractivity contribution >= 4 is 0 Å². The van der Waals surface area contributed by atoms with E-state index >= 15 is 0 Å². The first kappa shape index (κ1) is 12.5. The van der Waals surface area contributed by atoms with E-state index in [-0.39, 0.29) is 5.41 Å².